The summed E-state index contributed by atoms with van der Waals surface area (Å²) < 4.78 is 0. The van der Waals surface area contributed by atoms with Gasteiger partial charge in [-0.1, -0.05) is 0 Å². The third-order valence-electron chi connectivity index (χ3n) is 1.47. The Morgan fingerprint density at radius 2 is 2.31 bits per heavy atom. The molecule has 0 aromatic heterocycles. The molecule has 1 heterocycles. The Morgan fingerprint density at radius 1 is 1.69 bits per heavy atom. The van der Waals surface area contributed by atoms with Crippen molar-refractivity contribution < 1.29 is 14.9 Å². The first-order valence-electron chi connectivity index (χ1n) is 3.35. The molecule has 0 bridgehead atoms. The molecule has 0 spiro atoms. The predicted molar refractivity (Wildman–Crippen MR) is 39.4 cm³/mol. The van der Waals surface area contributed by atoms with E-state index in [9.17, 15) is 14.9 Å². The van der Waals surface area contributed by atoms with Gasteiger partial charge in [0.05, 0.1) is 11.1 Å². The van der Waals surface area contributed by atoms with Gasteiger partial charge in [-0.15, -0.1) is 0 Å². The molecule has 1 atom stereocenters. The van der Waals surface area contributed by atoms with Gasteiger partial charge in [0, 0.05) is 6.20 Å². The van der Waals surface area contributed by atoms with Gasteiger partial charge < -0.3 is 5.73 Å². The number of amides is 1. The topological polar surface area (TPSA) is 113 Å². The second-order valence-corrected chi connectivity index (χ2v) is 2.45. The van der Waals surface area contributed by atoms with E-state index in [1.807, 2.05) is 0 Å². The lowest BCUT2D eigenvalue weighted by molar-refractivity contribution is -0.588. The summed E-state index contributed by atoms with van der Waals surface area (Å²) in [6.45, 7) is -0.306. The van der Waals surface area contributed by atoms with Gasteiger partial charge in [-0.2, -0.15) is 5.06 Å². The predicted octanol–water partition coefficient (Wildman–Crippen LogP) is -1.49. The Hall–Kier alpha value is -1.83. The quantitative estimate of drug-likeness (QED) is 0.412. The number of carbonyl (C=O) groups excluding carboxylic acids is 1. The molecule has 1 aliphatic rings. The van der Waals surface area contributed by atoms with Crippen LogP contribution in [-0.4, -0.2) is 38.8 Å². The van der Waals surface area contributed by atoms with E-state index in [0.29, 0.717) is 5.06 Å². The summed E-state index contributed by atoms with van der Waals surface area (Å²) in [5, 5.41) is 19.7. The van der Waals surface area contributed by atoms with Gasteiger partial charge in [0.25, 0.3) is 0 Å². The smallest absolute Gasteiger partial charge is 0.368 e. The molecule has 8 heteroatoms. The molecule has 8 nitrogen and oxygen atoms in total. The lowest BCUT2D eigenvalue weighted by atomic mass is 10.5. The van der Waals surface area contributed by atoms with E-state index in [2.05, 4.69) is 0 Å². The number of hydrogen-bond acceptors (Lipinski definition) is 6. The monoisotopic (exact) mass is 188 g/mol. The standard InChI is InChI=1S/C5H8N4O4/c6-4(10)3-7-1-2-8(11)5(7)9(12)13/h1-2,5,11H,3H2,(H2,6,10). The average molecular weight is 188 g/mol. The molecule has 0 fully saturated rings. The molecule has 13 heavy (non-hydrogen) atoms. The van der Waals surface area contributed by atoms with Gasteiger partial charge in [-0.3, -0.25) is 25.0 Å². The minimum absolute atomic E-state index is 0.306. The van der Waals surface area contributed by atoms with E-state index in [0.717, 1.165) is 11.1 Å². The molecule has 0 aromatic rings. The van der Waals surface area contributed by atoms with Crippen LogP contribution in [0.25, 0.3) is 0 Å². The molecule has 1 amide bonds. The molecule has 3 N–H and O–H groups in total. The van der Waals surface area contributed by atoms with Gasteiger partial charge >= 0.3 is 6.29 Å². The van der Waals surface area contributed by atoms with Crippen molar-refractivity contribution in [2.75, 3.05) is 6.54 Å². The Kier molecular flexibility index (Phi) is 2.33. The van der Waals surface area contributed by atoms with Crippen LogP contribution in [0.5, 0.6) is 0 Å². The van der Waals surface area contributed by atoms with Gasteiger partial charge in [0.2, 0.25) is 5.91 Å². The maximum atomic E-state index is 10.5. The lowest BCUT2D eigenvalue weighted by Gasteiger charge is -2.19. The van der Waals surface area contributed by atoms with Crippen LogP contribution in [0.15, 0.2) is 12.4 Å². The molecule has 72 valence electrons. The molecule has 0 aromatic carbocycles. The first-order chi connectivity index (χ1) is 6.02. The van der Waals surface area contributed by atoms with E-state index in [-0.39, 0.29) is 6.54 Å². The van der Waals surface area contributed by atoms with Gasteiger partial charge in [-0.25, -0.2) is 0 Å². The van der Waals surface area contributed by atoms with Crippen LogP contribution in [0.3, 0.4) is 0 Å². The number of nitro groups is 1. The zero-order chi connectivity index (χ0) is 10.0. The highest BCUT2D eigenvalue weighted by Crippen LogP contribution is 2.12. The highest BCUT2D eigenvalue weighted by Gasteiger charge is 2.36. The maximum absolute atomic E-state index is 10.5. The van der Waals surface area contributed by atoms with Gasteiger partial charge in [0.1, 0.15) is 6.54 Å². The molecule has 0 saturated carbocycles. The van der Waals surface area contributed by atoms with Crippen LogP contribution in [0.2, 0.25) is 0 Å². The second-order valence-electron chi connectivity index (χ2n) is 2.45. The van der Waals surface area contributed by atoms with Crippen LogP contribution in [0.1, 0.15) is 0 Å². The Labute approximate surface area is 72.9 Å². The van der Waals surface area contributed by atoms with Crippen LogP contribution < -0.4 is 5.73 Å². The molecule has 1 rings (SSSR count). The van der Waals surface area contributed by atoms with Crippen molar-refractivity contribution in [2.24, 2.45) is 5.73 Å². The summed E-state index contributed by atoms with van der Waals surface area (Å²) in [6.07, 6.45) is 0.835. The van der Waals surface area contributed by atoms with E-state index >= 15 is 0 Å². The summed E-state index contributed by atoms with van der Waals surface area (Å²) in [6, 6.07) is 0. The normalized spacial score (nSPS) is 20.8. The van der Waals surface area contributed by atoms with E-state index in [1.54, 1.807) is 0 Å². The largest absolute Gasteiger partial charge is 0.390 e. The van der Waals surface area contributed by atoms with Crippen molar-refractivity contribution in [3.8, 4) is 0 Å². The van der Waals surface area contributed by atoms with Crippen LogP contribution in [-0.2, 0) is 4.79 Å². The first kappa shape index (κ1) is 9.26. The van der Waals surface area contributed by atoms with Crippen molar-refractivity contribution in [1.82, 2.24) is 9.96 Å². The third-order valence-corrected chi connectivity index (χ3v) is 1.47. The highest BCUT2D eigenvalue weighted by molar-refractivity contribution is 5.76. The van der Waals surface area contributed by atoms with Crippen LogP contribution in [0.4, 0.5) is 0 Å². The molecule has 0 radical (unpaired) electrons. The number of hydroxylamine groups is 2. The van der Waals surface area contributed by atoms with E-state index < -0.39 is 17.1 Å². The molecular formula is C5H8N4O4. The fraction of sp³-hybridized carbons (Fsp3) is 0.400. The molecule has 1 unspecified atom stereocenters. The Morgan fingerprint density at radius 3 is 2.77 bits per heavy atom. The van der Waals surface area contributed by atoms with Crippen molar-refractivity contribution in [3.05, 3.63) is 22.5 Å². The summed E-state index contributed by atoms with van der Waals surface area (Å²) in [4.78, 5) is 21.1. The molecule has 0 saturated heterocycles. The summed E-state index contributed by atoms with van der Waals surface area (Å²) in [5.74, 6) is -0.702. The van der Waals surface area contributed by atoms with Gasteiger partial charge in [-0.05, 0) is 0 Å². The fourth-order valence-corrected chi connectivity index (χ4v) is 0.992. The summed E-state index contributed by atoms with van der Waals surface area (Å²) >= 11 is 0. The minimum atomic E-state index is -1.47. The highest BCUT2D eigenvalue weighted by atomic mass is 16.7. The SMILES string of the molecule is NC(=O)CN1C=CN(O)C1[N+](=O)[O-]. The number of nitrogens with zero attached hydrogens (tertiary/aromatic N) is 3. The first-order valence-corrected chi connectivity index (χ1v) is 3.35. The van der Waals surface area contributed by atoms with Crippen molar-refractivity contribution in [1.29, 1.82) is 0 Å². The molecule has 0 aliphatic carbocycles. The number of hydrogen-bond donors (Lipinski definition) is 2. The number of primary amides is 1. The van der Waals surface area contributed by atoms with Crippen molar-refractivity contribution in [2.45, 2.75) is 6.29 Å². The maximum Gasteiger partial charge on any atom is 0.390 e. The third kappa shape index (κ3) is 1.85. The van der Waals surface area contributed by atoms with Crippen molar-refractivity contribution >= 4 is 5.91 Å². The van der Waals surface area contributed by atoms with E-state index in [4.69, 9.17) is 10.9 Å². The second kappa shape index (κ2) is 3.27. The lowest BCUT2D eigenvalue weighted by Crippen LogP contribution is -2.46. The number of carbonyl (C=O) groups is 1. The molecule has 1 aliphatic heterocycles. The summed E-state index contributed by atoms with van der Waals surface area (Å²) in [7, 11) is 0. The number of nitrogens with two attached hydrogens (primary N) is 1. The summed E-state index contributed by atoms with van der Waals surface area (Å²) in [5.41, 5.74) is 4.84. The van der Waals surface area contributed by atoms with E-state index in [1.165, 1.54) is 6.20 Å². The van der Waals surface area contributed by atoms with Crippen LogP contribution >= 0.6 is 0 Å². The number of rotatable bonds is 3. The van der Waals surface area contributed by atoms with Crippen molar-refractivity contribution in [3.63, 3.8) is 0 Å². The molecular weight excluding hydrogens is 180 g/mol. The zero-order valence-electron chi connectivity index (χ0n) is 6.53. The Bertz CT molecular complexity index is 265. The van der Waals surface area contributed by atoms with Gasteiger partial charge in [0.15, 0.2) is 0 Å². The minimum Gasteiger partial charge on any atom is -0.368 e. The van der Waals surface area contributed by atoms with Crippen LogP contribution in [0, 0.1) is 10.1 Å². The Balaban J connectivity index is 2.69. The fourth-order valence-electron chi connectivity index (χ4n) is 0.992. The zero-order valence-corrected chi connectivity index (χ0v) is 6.53. The average Bonchev–Trinajstić information content (AvgIpc) is 2.30.